The molecule has 0 N–H and O–H groups in total. The van der Waals surface area contributed by atoms with E-state index < -0.39 is 12.0 Å². The third-order valence-electron chi connectivity index (χ3n) is 4.70. The monoisotopic (exact) mass is 378 g/mol. The molecule has 1 aliphatic heterocycles. The third-order valence-corrected chi connectivity index (χ3v) is 4.70. The molecule has 0 radical (unpaired) electrons. The van der Waals surface area contributed by atoms with Crippen molar-refractivity contribution in [3.05, 3.63) is 71.9 Å². The lowest BCUT2D eigenvalue weighted by molar-refractivity contribution is -0.149. The smallest absolute Gasteiger partial charge is 0.308 e. The molecule has 0 saturated heterocycles. The Kier molecular flexibility index (Phi) is 5.89. The molecular formula is C22H22N2O4. The molecule has 0 unspecified atom stereocenters. The molecule has 2 aromatic rings. The summed E-state index contributed by atoms with van der Waals surface area (Å²) in [6, 6.07) is 16.3. The van der Waals surface area contributed by atoms with Gasteiger partial charge in [-0.1, -0.05) is 42.5 Å². The van der Waals surface area contributed by atoms with E-state index in [0.717, 1.165) is 16.8 Å². The molecule has 6 heteroatoms. The number of nitrogens with zero attached hydrogens (tertiary/aromatic N) is 2. The molecule has 0 spiro atoms. The summed E-state index contributed by atoms with van der Waals surface area (Å²) in [6.45, 7) is 1.10. The molecule has 2 aromatic carbocycles. The van der Waals surface area contributed by atoms with E-state index >= 15 is 0 Å². The van der Waals surface area contributed by atoms with E-state index in [1.165, 1.54) is 16.7 Å². The van der Waals surface area contributed by atoms with E-state index in [-0.39, 0.29) is 24.8 Å². The van der Waals surface area contributed by atoms with Gasteiger partial charge in [-0.15, -0.1) is 0 Å². The van der Waals surface area contributed by atoms with Gasteiger partial charge in [0.1, 0.15) is 0 Å². The molecule has 0 saturated carbocycles. The molecule has 0 fully saturated rings. The molecule has 6 nitrogen and oxygen atoms in total. The minimum atomic E-state index is -0.531. The zero-order chi connectivity index (χ0) is 20.1. The highest BCUT2D eigenvalue weighted by Gasteiger charge is 2.29. The molecule has 1 atom stereocenters. The minimum absolute atomic E-state index is 0.0245. The van der Waals surface area contributed by atoms with Crippen molar-refractivity contribution in [3.8, 4) is 0 Å². The van der Waals surface area contributed by atoms with Gasteiger partial charge in [0.05, 0.1) is 12.5 Å². The highest BCUT2D eigenvalue weighted by atomic mass is 16.5. The van der Waals surface area contributed by atoms with Crippen LogP contribution >= 0.6 is 0 Å². The second-order valence-electron chi connectivity index (χ2n) is 6.54. The molecule has 144 valence electrons. The van der Waals surface area contributed by atoms with Crippen molar-refractivity contribution in [2.24, 2.45) is 0 Å². The third kappa shape index (κ3) is 4.28. The van der Waals surface area contributed by atoms with Crippen LogP contribution in [-0.4, -0.2) is 36.3 Å². The van der Waals surface area contributed by atoms with Gasteiger partial charge >= 0.3 is 5.97 Å². The maximum absolute atomic E-state index is 12.4. The number of carbonyl (C=O) groups excluding carboxylic acids is 3. The largest absolute Gasteiger partial charge is 0.455 e. The van der Waals surface area contributed by atoms with Crippen molar-refractivity contribution in [1.82, 2.24) is 4.90 Å². The van der Waals surface area contributed by atoms with Crippen LogP contribution < -0.4 is 4.90 Å². The van der Waals surface area contributed by atoms with Crippen molar-refractivity contribution >= 4 is 29.5 Å². The van der Waals surface area contributed by atoms with E-state index in [0.29, 0.717) is 0 Å². The molecule has 28 heavy (non-hydrogen) atoms. The van der Waals surface area contributed by atoms with Crippen molar-refractivity contribution in [1.29, 1.82) is 0 Å². The Bertz CT molecular complexity index is 908. The SMILES string of the molecule is CC(=O)N1C=Cc2ccccc2[C@@H]1CC(=O)OCC(=O)N(C)c1ccccc1. The first-order valence-corrected chi connectivity index (χ1v) is 9.00. The summed E-state index contributed by atoms with van der Waals surface area (Å²) >= 11 is 0. The predicted octanol–water partition coefficient (Wildman–Crippen LogP) is 3.16. The Morgan fingerprint density at radius 3 is 2.43 bits per heavy atom. The number of likely N-dealkylation sites (N-methyl/N-ethyl adjacent to an activating group) is 1. The van der Waals surface area contributed by atoms with Crippen molar-refractivity contribution < 1.29 is 19.1 Å². The van der Waals surface area contributed by atoms with Gasteiger partial charge in [0.25, 0.3) is 5.91 Å². The fourth-order valence-corrected chi connectivity index (χ4v) is 3.16. The Morgan fingerprint density at radius 1 is 1.04 bits per heavy atom. The van der Waals surface area contributed by atoms with Crippen LogP contribution in [0.3, 0.4) is 0 Å². The molecule has 1 aliphatic rings. The average molecular weight is 378 g/mol. The molecule has 0 aromatic heterocycles. The lowest BCUT2D eigenvalue weighted by atomic mass is 9.94. The second-order valence-corrected chi connectivity index (χ2v) is 6.54. The summed E-state index contributed by atoms with van der Waals surface area (Å²) in [7, 11) is 1.63. The predicted molar refractivity (Wildman–Crippen MR) is 106 cm³/mol. The summed E-state index contributed by atoms with van der Waals surface area (Å²) < 4.78 is 5.20. The Morgan fingerprint density at radius 2 is 1.71 bits per heavy atom. The first-order valence-electron chi connectivity index (χ1n) is 9.00. The summed E-state index contributed by atoms with van der Waals surface area (Å²) in [6.07, 6.45) is 3.50. The van der Waals surface area contributed by atoms with Crippen LogP contribution in [0, 0.1) is 0 Å². The number of hydrogen-bond acceptors (Lipinski definition) is 4. The van der Waals surface area contributed by atoms with Crippen LogP contribution in [0.5, 0.6) is 0 Å². The van der Waals surface area contributed by atoms with Crippen LogP contribution in [0.4, 0.5) is 5.69 Å². The van der Waals surface area contributed by atoms with Crippen LogP contribution in [-0.2, 0) is 19.1 Å². The average Bonchev–Trinajstić information content (AvgIpc) is 2.72. The quantitative estimate of drug-likeness (QED) is 0.750. The molecule has 2 amide bonds. The summed E-state index contributed by atoms with van der Waals surface area (Å²) in [5.41, 5.74) is 2.56. The molecular weight excluding hydrogens is 356 g/mol. The van der Waals surface area contributed by atoms with Gasteiger partial charge < -0.3 is 14.5 Å². The van der Waals surface area contributed by atoms with E-state index in [9.17, 15) is 14.4 Å². The van der Waals surface area contributed by atoms with E-state index in [1.807, 2.05) is 48.5 Å². The number of benzene rings is 2. The lowest BCUT2D eigenvalue weighted by Gasteiger charge is -2.32. The molecule has 0 bridgehead atoms. The number of amides is 2. The maximum Gasteiger partial charge on any atom is 0.308 e. The first kappa shape index (κ1) is 19.4. The fraction of sp³-hybridized carbons (Fsp3) is 0.227. The number of anilines is 1. The Labute approximate surface area is 164 Å². The van der Waals surface area contributed by atoms with Gasteiger partial charge in [-0.2, -0.15) is 0 Å². The summed E-state index contributed by atoms with van der Waals surface area (Å²) in [4.78, 5) is 39.6. The number of esters is 1. The molecule has 0 aliphatic carbocycles. The van der Waals surface area contributed by atoms with E-state index in [1.54, 1.807) is 25.4 Å². The number of para-hydroxylation sites is 1. The molecule has 3 rings (SSSR count). The van der Waals surface area contributed by atoms with Gasteiger partial charge in [-0.05, 0) is 29.3 Å². The number of fused-ring (bicyclic) bond motifs is 1. The zero-order valence-electron chi connectivity index (χ0n) is 15.9. The van der Waals surface area contributed by atoms with Crippen LogP contribution in [0.2, 0.25) is 0 Å². The van der Waals surface area contributed by atoms with Crippen molar-refractivity contribution in [2.75, 3.05) is 18.6 Å². The topological polar surface area (TPSA) is 66.9 Å². The van der Waals surface area contributed by atoms with Crippen LogP contribution in [0.1, 0.15) is 30.5 Å². The normalized spacial score (nSPS) is 14.9. The Hall–Kier alpha value is -3.41. The standard InChI is InChI=1S/C22H22N2O4/c1-16(25)24-13-12-17-8-6-7-11-19(17)20(24)14-22(27)28-15-21(26)23(2)18-9-4-3-5-10-18/h3-13,20H,14-15H2,1-2H3/t20-/m0/s1. The number of carbonyl (C=O) groups is 3. The minimum Gasteiger partial charge on any atom is -0.455 e. The van der Waals surface area contributed by atoms with Gasteiger partial charge in [0.2, 0.25) is 5.91 Å². The van der Waals surface area contributed by atoms with Gasteiger partial charge in [0, 0.05) is 25.9 Å². The zero-order valence-corrected chi connectivity index (χ0v) is 15.9. The number of ether oxygens (including phenoxy) is 1. The Balaban J connectivity index is 1.64. The van der Waals surface area contributed by atoms with Crippen molar-refractivity contribution in [2.45, 2.75) is 19.4 Å². The van der Waals surface area contributed by atoms with E-state index in [4.69, 9.17) is 4.74 Å². The van der Waals surface area contributed by atoms with Gasteiger partial charge in [-0.25, -0.2) is 0 Å². The highest BCUT2D eigenvalue weighted by molar-refractivity contribution is 5.94. The molecule has 1 heterocycles. The highest BCUT2D eigenvalue weighted by Crippen LogP contribution is 2.33. The number of hydrogen-bond donors (Lipinski definition) is 0. The van der Waals surface area contributed by atoms with E-state index in [2.05, 4.69) is 0 Å². The first-order chi connectivity index (χ1) is 13.5. The van der Waals surface area contributed by atoms with Crippen molar-refractivity contribution in [3.63, 3.8) is 0 Å². The van der Waals surface area contributed by atoms with Crippen LogP contribution in [0.25, 0.3) is 6.08 Å². The maximum atomic E-state index is 12.4. The van der Waals surface area contributed by atoms with Gasteiger partial charge in [-0.3, -0.25) is 14.4 Å². The second kappa shape index (κ2) is 8.52. The van der Waals surface area contributed by atoms with Crippen LogP contribution in [0.15, 0.2) is 60.8 Å². The lowest BCUT2D eigenvalue weighted by Crippen LogP contribution is -2.34. The fourth-order valence-electron chi connectivity index (χ4n) is 3.16. The summed E-state index contributed by atoms with van der Waals surface area (Å²) in [5.74, 6) is -1.02. The van der Waals surface area contributed by atoms with Gasteiger partial charge in [0.15, 0.2) is 6.61 Å². The number of rotatable bonds is 5. The summed E-state index contributed by atoms with van der Waals surface area (Å²) in [5, 5.41) is 0.